The Hall–Kier alpha value is -1.63. The smallest absolute Gasteiger partial charge is 0.337 e. The first-order valence-electron chi connectivity index (χ1n) is 7.32. The van der Waals surface area contributed by atoms with Gasteiger partial charge in [0.05, 0.1) is 16.9 Å². The van der Waals surface area contributed by atoms with E-state index in [0.717, 1.165) is 0 Å². The second-order valence-corrected chi connectivity index (χ2v) is 7.22. The van der Waals surface area contributed by atoms with E-state index >= 15 is 0 Å². The van der Waals surface area contributed by atoms with Gasteiger partial charge in [-0.05, 0) is 38.7 Å². The molecule has 0 aromatic heterocycles. The number of thiol groups is 1. The van der Waals surface area contributed by atoms with Crippen molar-refractivity contribution in [1.82, 2.24) is 4.90 Å². The fourth-order valence-electron chi connectivity index (χ4n) is 2.67. The molecule has 1 amide bonds. The molecule has 7 heteroatoms. The summed E-state index contributed by atoms with van der Waals surface area (Å²) in [5.41, 5.74) is 1.26. The van der Waals surface area contributed by atoms with Crippen molar-refractivity contribution in [2.45, 2.75) is 37.9 Å². The van der Waals surface area contributed by atoms with Crippen LogP contribution in [0.25, 0.3) is 0 Å². The summed E-state index contributed by atoms with van der Waals surface area (Å²) >= 11 is 0. The second-order valence-electron chi connectivity index (χ2n) is 5.76. The van der Waals surface area contributed by atoms with Crippen molar-refractivity contribution in [3.63, 3.8) is 0 Å². The number of hydrogen-bond acceptors (Lipinski definition) is 5. The molecule has 1 fully saturated rings. The summed E-state index contributed by atoms with van der Waals surface area (Å²) in [6.45, 7) is 7.96. The molecule has 0 unspecified atom stereocenters. The largest absolute Gasteiger partial charge is 0.462 e. The van der Waals surface area contributed by atoms with Crippen molar-refractivity contribution in [3.8, 4) is 0 Å². The van der Waals surface area contributed by atoms with Crippen LogP contribution in [0.3, 0.4) is 0 Å². The number of rotatable bonds is 6. The Labute approximate surface area is 131 Å². The van der Waals surface area contributed by atoms with Crippen LogP contribution in [0.5, 0.6) is 0 Å². The molecule has 2 aliphatic rings. The first-order chi connectivity index (χ1) is 10.3. The third kappa shape index (κ3) is 3.09. The molecule has 1 aliphatic carbocycles. The van der Waals surface area contributed by atoms with E-state index in [1.165, 1.54) is 0 Å². The van der Waals surface area contributed by atoms with Gasteiger partial charge in [-0.3, -0.25) is 4.79 Å². The van der Waals surface area contributed by atoms with Crippen LogP contribution < -0.4 is 0 Å². The molecule has 122 valence electrons. The molecule has 0 spiro atoms. The lowest BCUT2D eigenvalue weighted by Gasteiger charge is -2.31. The van der Waals surface area contributed by atoms with Gasteiger partial charge in [-0.1, -0.05) is 6.58 Å². The maximum atomic E-state index is 12.4. The molecule has 2 rings (SSSR count). The quantitative estimate of drug-likeness (QED) is 0.443. The van der Waals surface area contributed by atoms with Gasteiger partial charge in [-0.2, -0.15) is 0 Å². The molecule has 22 heavy (non-hydrogen) atoms. The molecule has 0 aromatic rings. The van der Waals surface area contributed by atoms with E-state index in [9.17, 15) is 18.0 Å². The van der Waals surface area contributed by atoms with Crippen molar-refractivity contribution in [2.75, 3.05) is 19.7 Å². The van der Waals surface area contributed by atoms with Crippen molar-refractivity contribution < 1.29 is 22.7 Å². The highest BCUT2D eigenvalue weighted by molar-refractivity contribution is 7.74. The highest BCUT2D eigenvalue weighted by atomic mass is 32.2. The second kappa shape index (κ2) is 6.24. The van der Waals surface area contributed by atoms with Crippen molar-refractivity contribution in [1.29, 1.82) is 0 Å². The van der Waals surface area contributed by atoms with Crippen LogP contribution in [-0.4, -0.2) is 49.6 Å². The molecule has 6 nitrogen and oxygen atoms in total. The van der Waals surface area contributed by atoms with Crippen LogP contribution >= 0.6 is 0 Å². The number of esters is 1. The molecule has 0 radical (unpaired) electrons. The Balaban J connectivity index is 2.13. The number of carbonyl (C=O) groups excluding carboxylic acids is 2. The third-order valence-electron chi connectivity index (χ3n) is 4.28. The van der Waals surface area contributed by atoms with Gasteiger partial charge in [0.25, 0.3) is 0 Å². The van der Waals surface area contributed by atoms with Gasteiger partial charge >= 0.3 is 5.97 Å². The predicted octanol–water partition coefficient (Wildman–Crippen LogP) is 0.798. The van der Waals surface area contributed by atoms with Crippen molar-refractivity contribution in [3.05, 3.63) is 23.3 Å². The summed E-state index contributed by atoms with van der Waals surface area (Å²) in [6, 6.07) is 0. The number of ether oxygens (including phenoxy) is 1. The van der Waals surface area contributed by atoms with E-state index in [1.54, 1.807) is 18.7 Å². The monoisotopic (exact) mass is 327 g/mol. The van der Waals surface area contributed by atoms with Gasteiger partial charge in [0.15, 0.2) is 0 Å². The number of carbonyl (C=O) groups is 2. The zero-order chi connectivity index (χ0) is 16.5. The lowest BCUT2D eigenvalue weighted by atomic mass is 9.94. The van der Waals surface area contributed by atoms with Crippen LogP contribution in [0.15, 0.2) is 23.3 Å². The lowest BCUT2D eigenvalue weighted by molar-refractivity contribution is -0.138. The van der Waals surface area contributed by atoms with Gasteiger partial charge in [0.2, 0.25) is 5.91 Å². The third-order valence-corrected chi connectivity index (χ3v) is 5.64. The molecular weight excluding hydrogens is 306 g/mol. The van der Waals surface area contributed by atoms with E-state index in [2.05, 4.69) is 6.58 Å². The SMILES string of the molecule is C=C(C(=O)OCC)C1=C(C)C(=O)N(CC2([SH](=O)=O)CC2)CC1. The highest BCUT2D eigenvalue weighted by Gasteiger charge is 2.49. The lowest BCUT2D eigenvalue weighted by Crippen LogP contribution is -2.43. The molecule has 0 atom stereocenters. The topological polar surface area (TPSA) is 80.8 Å². The normalized spacial score (nSPS) is 20.3. The van der Waals surface area contributed by atoms with Crippen LogP contribution in [0.2, 0.25) is 0 Å². The van der Waals surface area contributed by atoms with Gasteiger partial charge in [-0.25, -0.2) is 13.2 Å². The van der Waals surface area contributed by atoms with E-state index in [1.807, 2.05) is 0 Å². The Morgan fingerprint density at radius 3 is 2.55 bits per heavy atom. The van der Waals surface area contributed by atoms with Crippen molar-refractivity contribution >= 4 is 22.6 Å². The standard InChI is InChI=1S/C15H21NO5S/c1-4-21-14(18)11(3)12-5-8-16(13(17)10(12)2)9-15(6-7-15)22(19)20/h22H,3-9H2,1-2H3. The van der Waals surface area contributed by atoms with Crippen LogP contribution in [-0.2, 0) is 25.0 Å². The van der Waals surface area contributed by atoms with Crippen LogP contribution in [0, 0.1) is 0 Å². The summed E-state index contributed by atoms with van der Waals surface area (Å²) in [5, 5.41) is 0. The average molecular weight is 327 g/mol. The van der Waals surface area contributed by atoms with E-state index < -0.39 is 21.4 Å². The summed E-state index contributed by atoms with van der Waals surface area (Å²) in [4.78, 5) is 25.7. The minimum absolute atomic E-state index is 0.211. The van der Waals surface area contributed by atoms with Gasteiger partial charge in [0, 0.05) is 18.7 Å². The Kier molecular flexibility index (Phi) is 4.75. The summed E-state index contributed by atoms with van der Waals surface area (Å²) in [6.07, 6.45) is 1.71. The highest BCUT2D eigenvalue weighted by Crippen LogP contribution is 2.41. The fourth-order valence-corrected chi connectivity index (χ4v) is 3.43. The molecule has 0 aromatic carbocycles. The molecule has 0 saturated heterocycles. The van der Waals surface area contributed by atoms with E-state index in [4.69, 9.17) is 4.74 Å². The zero-order valence-corrected chi connectivity index (χ0v) is 13.8. The van der Waals surface area contributed by atoms with Crippen LogP contribution in [0.1, 0.15) is 33.1 Å². The van der Waals surface area contributed by atoms with Crippen molar-refractivity contribution in [2.24, 2.45) is 0 Å². The first-order valence-corrected chi connectivity index (χ1v) is 8.50. The Morgan fingerprint density at radius 2 is 2.05 bits per heavy atom. The Morgan fingerprint density at radius 1 is 1.41 bits per heavy atom. The fraction of sp³-hybridized carbons (Fsp3) is 0.600. The zero-order valence-electron chi connectivity index (χ0n) is 12.9. The van der Waals surface area contributed by atoms with Gasteiger partial charge in [0.1, 0.15) is 10.7 Å². The molecular formula is C15H21NO5S. The summed E-state index contributed by atoms with van der Waals surface area (Å²) < 4.78 is 26.8. The van der Waals surface area contributed by atoms with Crippen LogP contribution in [0.4, 0.5) is 0 Å². The molecule has 1 saturated carbocycles. The molecule has 1 heterocycles. The number of amides is 1. The maximum Gasteiger partial charge on any atom is 0.337 e. The molecule has 1 aliphatic heterocycles. The predicted molar refractivity (Wildman–Crippen MR) is 81.9 cm³/mol. The van der Waals surface area contributed by atoms with Gasteiger partial charge in [-0.15, -0.1) is 0 Å². The summed E-state index contributed by atoms with van der Waals surface area (Å²) in [5.74, 6) is -0.741. The van der Waals surface area contributed by atoms with E-state index in [-0.39, 0.29) is 24.6 Å². The maximum absolute atomic E-state index is 12.4. The van der Waals surface area contributed by atoms with E-state index in [0.29, 0.717) is 37.0 Å². The van der Waals surface area contributed by atoms with Gasteiger partial charge < -0.3 is 9.64 Å². The molecule has 0 bridgehead atoms. The summed E-state index contributed by atoms with van der Waals surface area (Å²) in [7, 11) is -2.53. The number of nitrogens with zero attached hydrogens (tertiary/aromatic N) is 1. The minimum Gasteiger partial charge on any atom is -0.462 e. The minimum atomic E-state index is -2.53. The first kappa shape index (κ1) is 16.7. The average Bonchev–Trinajstić information content (AvgIpc) is 3.25. The number of hydrogen-bond donors (Lipinski definition) is 1. The molecule has 0 N–H and O–H groups in total. The Bertz CT molecular complexity index is 620.